The fourth-order valence-electron chi connectivity index (χ4n) is 0.511. The number of hydrogen-bond donors (Lipinski definition) is 2. The number of hydrazone groups is 1. The molecular formula is C4H6Cl2N4. The average molecular weight is 181 g/mol. The fourth-order valence-corrected chi connectivity index (χ4v) is 0.969. The number of hydrazine groups is 1. The maximum atomic E-state index is 5.59. The van der Waals surface area contributed by atoms with E-state index < -0.39 is 0 Å². The van der Waals surface area contributed by atoms with Crippen molar-refractivity contribution in [3.05, 3.63) is 10.9 Å². The van der Waals surface area contributed by atoms with E-state index in [9.17, 15) is 0 Å². The Morgan fingerprint density at radius 3 is 2.80 bits per heavy atom. The zero-order chi connectivity index (χ0) is 7.72. The molecule has 0 saturated carbocycles. The van der Waals surface area contributed by atoms with E-state index in [2.05, 4.69) is 10.5 Å². The number of nitrogens with two attached hydrogens (primary N) is 1. The van der Waals surface area contributed by atoms with Gasteiger partial charge in [0.15, 0.2) is 0 Å². The highest BCUT2D eigenvalue weighted by Crippen LogP contribution is 2.11. The van der Waals surface area contributed by atoms with Crippen LogP contribution in [0.25, 0.3) is 0 Å². The molecule has 0 fully saturated rings. The van der Waals surface area contributed by atoms with Crippen molar-refractivity contribution in [1.82, 2.24) is 10.1 Å². The summed E-state index contributed by atoms with van der Waals surface area (Å²) < 4.78 is 0.980. The van der Waals surface area contributed by atoms with Crippen LogP contribution in [0.1, 0.15) is 6.92 Å². The molecule has 0 aliphatic carbocycles. The molecule has 4 nitrogen and oxygen atoms in total. The van der Waals surface area contributed by atoms with Gasteiger partial charge in [-0.3, -0.25) is 5.43 Å². The van der Waals surface area contributed by atoms with Crippen molar-refractivity contribution in [2.45, 2.75) is 6.92 Å². The quantitative estimate of drug-likeness (QED) is 0.427. The second-order valence-corrected chi connectivity index (χ2v) is 2.48. The van der Waals surface area contributed by atoms with E-state index in [-0.39, 0.29) is 0 Å². The van der Waals surface area contributed by atoms with Crippen molar-refractivity contribution in [2.24, 2.45) is 10.8 Å². The lowest BCUT2D eigenvalue weighted by atomic mass is 10.3. The summed E-state index contributed by atoms with van der Waals surface area (Å²) in [6, 6.07) is 0. The molecule has 1 aliphatic rings. The van der Waals surface area contributed by atoms with Crippen molar-refractivity contribution < 1.29 is 0 Å². The minimum Gasteiger partial charge on any atom is -0.395 e. The largest absolute Gasteiger partial charge is 0.395 e. The summed E-state index contributed by atoms with van der Waals surface area (Å²) in [5.41, 5.74) is 8.96. The molecule has 0 bridgehead atoms. The summed E-state index contributed by atoms with van der Waals surface area (Å²) in [5.74, 6) is 0. The lowest BCUT2D eigenvalue weighted by Crippen LogP contribution is -2.32. The van der Waals surface area contributed by atoms with E-state index in [0.29, 0.717) is 16.6 Å². The Hall–Kier alpha value is -0.610. The molecule has 1 aliphatic heterocycles. The maximum absolute atomic E-state index is 5.59. The Morgan fingerprint density at radius 1 is 1.70 bits per heavy atom. The SMILES string of the molecule is CC1=NN(Cl)NC(Cl)=C1N. The second-order valence-electron chi connectivity index (χ2n) is 1.78. The van der Waals surface area contributed by atoms with Gasteiger partial charge >= 0.3 is 0 Å². The number of nitrogens with zero attached hydrogens (tertiary/aromatic N) is 2. The third-order valence-electron chi connectivity index (χ3n) is 1.05. The van der Waals surface area contributed by atoms with Crippen LogP contribution < -0.4 is 11.2 Å². The van der Waals surface area contributed by atoms with Gasteiger partial charge in [-0.2, -0.15) is 0 Å². The van der Waals surface area contributed by atoms with Crippen molar-refractivity contribution in [3.63, 3.8) is 0 Å². The summed E-state index contributed by atoms with van der Waals surface area (Å²) in [7, 11) is 0. The maximum Gasteiger partial charge on any atom is 0.148 e. The van der Waals surface area contributed by atoms with Gasteiger partial charge in [-0.25, -0.2) is 0 Å². The summed E-state index contributed by atoms with van der Waals surface area (Å²) in [6.07, 6.45) is 0. The van der Waals surface area contributed by atoms with E-state index >= 15 is 0 Å². The topological polar surface area (TPSA) is 53.6 Å². The van der Waals surface area contributed by atoms with Gasteiger partial charge in [0.2, 0.25) is 0 Å². The first kappa shape index (κ1) is 7.50. The Morgan fingerprint density at radius 2 is 2.30 bits per heavy atom. The smallest absolute Gasteiger partial charge is 0.148 e. The van der Waals surface area contributed by atoms with Crippen LogP contribution in [0.15, 0.2) is 16.0 Å². The van der Waals surface area contributed by atoms with Crippen LogP contribution in [0.2, 0.25) is 0 Å². The molecular weight excluding hydrogens is 175 g/mol. The van der Waals surface area contributed by atoms with Gasteiger partial charge in [0.1, 0.15) is 5.16 Å². The average Bonchev–Trinajstić information content (AvgIpc) is 1.82. The van der Waals surface area contributed by atoms with Gasteiger partial charge in [0.05, 0.1) is 23.2 Å². The van der Waals surface area contributed by atoms with E-state index in [1.54, 1.807) is 6.92 Å². The number of rotatable bonds is 0. The number of nitrogens with one attached hydrogen (secondary N) is 1. The van der Waals surface area contributed by atoms with Gasteiger partial charge in [0.25, 0.3) is 0 Å². The van der Waals surface area contributed by atoms with Gasteiger partial charge in [-0.15, -0.1) is 9.74 Å². The molecule has 0 saturated heterocycles. The Labute approximate surface area is 68.3 Å². The first-order valence-electron chi connectivity index (χ1n) is 2.54. The highest BCUT2D eigenvalue weighted by molar-refractivity contribution is 6.32. The number of hydrogen-bond acceptors (Lipinski definition) is 4. The lowest BCUT2D eigenvalue weighted by molar-refractivity contribution is 0.401. The van der Waals surface area contributed by atoms with Crippen molar-refractivity contribution in [2.75, 3.05) is 0 Å². The molecule has 0 atom stereocenters. The molecule has 0 amide bonds. The number of allylic oxidation sites excluding steroid dienone is 1. The van der Waals surface area contributed by atoms with Crippen LogP contribution >= 0.6 is 23.4 Å². The molecule has 0 aromatic heterocycles. The second kappa shape index (κ2) is 2.56. The summed E-state index contributed by atoms with van der Waals surface area (Å²) >= 11 is 11.0. The summed E-state index contributed by atoms with van der Waals surface area (Å²) in [4.78, 5) is 0. The minimum absolute atomic E-state index is 0.294. The van der Waals surface area contributed by atoms with Crippen LogP contribution in [0.4, 0.5) is 0 Å². The standard InChI is InChI=1S/C4H6Cl2N4/c1-2-3(7)4(5)9-10(6)8-2/h9H,7H2,1H3. The van der Waals surface area contributed by atoms with Gasteiger partial charge in [-0.05, 0) is 6.92 Å². The minimum atomic E-state index is 0.294. The summed E-state index contributed by atoms with van der Waals surface area (Å²) in [6.45, 7) is 1.72. The normalized spacial score (nSPS) is 18.7. The van der Waals surface area contributed by atoms with Crippen molar-refractivity contribution >= 4 is 29.1 Å². The lowest BCUT2D eigenvalue weighted by Gasteiger charge is -2.18. The van der Waals surface area contributed by atoms with Crippen LogP contribution in [-0.2, 0) is 0 Å². The van der Waals surface area contributed by atoms with E-state index in [1.807, 2.05) is 0 Å². The van der Waals surface area contributed by atoms with Crippen LogP contribution in [0, 0.1) is 0 Å². The zero-order valence-electron chi connectivity index (χ0n) is 5.23. The molecule has 0 aromatic rings. The zero-order valence-corrected chi connectivity index (χ0v) is 6.74. The summed E-state index contributed by atoms with van der Waals surface area (Å²) in [5, 5.41) is 4.05. The van der Waals surface area contributed by atoms with Gasteiger partial charge in [-0.1, -0.05) is 11.6 Å². The van der Waals surface area contributed by atoms with E-state index in [4.69, 9.17) is 29.1 Å². The molecule has 10 heavy (non-hydrogen) atoms. The Bertz CT molecular complexity index is 209. The van der Waals surface area contributed by atoms with Crippen molar-refractivity contribution in [3.8, 4) is 0 Å². The molecule has 1 rings (SSSR count). The van der Waals surface area contributed by atoms with E-state index in [1.165, 1.54) is 0 Å². The predicted molar refractivity (Wildman–Crippen MR) is 41.0 cm³/mol. The third kappa shape index (κ3) is 1.27. The van der Waals surface area contributed by atoms with Crippen LogP contribution in [0.3, 0.4) is 0 Å². The van der Waals surface area contributed by atoms with Gasteiger partial charge in [0, 0.05) is 0 Å². The number of halogens is 2. The first-order valence-corrected chi connectivity index (χ1v) is 3.26. The first-order chi connectivity index (χ1) is 4.61. The molecule has 1 heterocycles. The molecule has 0 unspecified atom stereocenters. The molecule has 3 N–H and O–H groups in total. The van der Waals surface area contributed by atoms with Crippen LogP contribution in [-0.4, -0.2) is 10.3 Å². The molecule has 0 spiro atoms. The molecule has 0 radical (unpaired) electrons. The van der Waals surface area contributed by atoms with Gasteiger partial charge < -0.3 is 5.73 Å². The van der Waals surface area contributed by atoms with Crippen LogP contribution in [0.5, 0.6) is 0 Å². The third-order valence-corrected chi connectivity index (χ3v) is 1.50. The molecule has 6 heteroatoms. The molecule has 0 aromatic carbocycles. The predicted octanol–water partition coefficient (Wildman–Crippen LogP) is 0.703. The fraction of sp³-hybridized carbons (Fsp3) is 0.250. The monoisotopic (exact) mass is 180 g/mol. The van der Waals surface area contributed by atoms with E-state index in [0.717, 1.165) is 4.64 Å². The Balaban J connectivity index is 2.90. The molecule has 56 valence electrons. The van der Waals surface area contributed by atoms with Crippen molar-refractivity contribution in [1.29, 1.82) is 0 Å². The highest BCUT2D eigenvalue weighted by atomic mass is 35.5. The highest BCUT2D eigenvalue weighted by Gasteiger charge is 2.12. The Kier molecular flexibility index (Phi) is 1.92.